The molecule has 0 saturated heterocycles. The van der Waals surface area contributed by atoms with Gasteiger partial charge in [0, 0.05) is 5.56 Å². The molecule has 1 aromatic heterocycles. The van der Waals surface area contributed by atoms with Crippen molar-refractivity contribution in [1.29, 1.82) is 0 Å². The van der Waals surface area contributed by atoms with E-state index in [1.165, 1.54) is 0 Å². The Balaban J connectivity index is 2.11. The highest BCUT2D eigenvalue weighted by atomic mass is 32.1. The molecule has 20 heavy (non-hydrogen) atoms. The first-order chi connectivity index (χ1) is 9.66. The second-order valence-corrected chi connectivity index (χ2v) is 5.29. The van der Waals surface area contributed by atoms with Crippen LogP contribution in [0.1, 0.15) is 16.5 Å². The smallest absolute Gasteiger partial charge is 0.319 e. The molecule has 0 fully saturated rings. The van der Waals surface area contributed by atoms with Crippen LogP contribution in [0.4, 0.5) is 4.79 Å². The lowest BCUT2D eigenvalue weighted by Crippen LogP contribution is -2.86. The topological polar surface area (TPSA) is 88.8 Å². The molecular weight excluding hydrogens is 274 g/mol. The van der Waals surface area contributed by atoms with Gasteiger partial charge in [-0.15, -0.1) is 11.3 Å². The Bertz CT molecular complexity index is 569. The number of urea groups is 1. The first kappa shape index (κ1) is 14.2. The highest BCUT2D eigenvalue weighted by Gasteiger charge is 2.24. The van der Waals surface area contributed by atoms with E-state index < -0.39 is 18.0 Å². The van der Waals surface area contributed by atoms with Gasteiger partial charge in [-0.25, -0.2) is 4.79 Å². The fraction of sp³-hybridized carbons (Fsp3) is 0.143. The maximum absolute atomic E-state index is 12.1. The van der Waals surface area contributed by atoms with Crippen LogP contribution >= 0.6 is 11.3 Å². The van der Waals surface area contributed by atoms with Gasteiger partial charge in [-0.2, -0.15) is 0 Å². The van der Waals surface area contributed by atoms with Crippen LogP contribution in [0.15, 0.2) is 47.8 Å². The summed E-state index contributed by atoms with van der Waals surface area (Å²) in [7, 11) is 0. The average Bonchev–Trinajstić information content (AvgIpc) is 2.92. The zero-order valence-corrected chi connectivity index (χ0v) is 11.6. The summed E-state index contributed by atoms with van der Waals surface area (Å²) in [4.78, 5) is 24.1. The van der Waals surface area contributed by atoms with Crippen molar-refractivity contribution in [3.8, 4) is 0 Å². The molecule has 3 amide bonds. The molecule has 5 N–H and O–H groups in total. The van der Waals surface area contributed by atoms with Crippen LogP contribution in [0, 0.1) is 0 Å². The number of imide groups is 1. The number of nitrogens with two attached hydrogens (primary N) is 2. The molecule has 1 atom stereocenters. The molecule has 0 saturated carbocycles. The SMILES string of the molecule is NC(=O)NC(=O)[C@H]([NH2+]Cc1cccs1)c1ccccc1. The van der Waals surface area contributed by atoms with Gasteiger partial charge in [0.25, 0.3) is 5.91 Å². The van der Waals surface area contributed by atoms with Gasteiger partial charge in [0.1, 0.15) is 6.54 Å². The van der Waals surface area contributed by atoms with Crippen molar-refractivity contribution in [2.75, 3.05) is 0 Å². The van der Waals surface area contributed by atoms with Crippen molar-refractivity contribution in [2.45, 2.75) is 12.6 Å². The van der Waals surface area contributed by atoms with Crippen molar-refractivity contribution in [3.63, 3.8) is 0 Å². The zero-order valence-electron chi connectivity index (χ0n) is 10.8. The number of quaternary nitrogens is 1. The Hall–Kier alpha value is -2.18. The van der Waals surface area contributed by atoms with Crippen molar-refractivity contribution >= 4 is 23.3 Å². The summed E-state index contributed by atoms with van der Waals surface area (Å²) in [5.41, 5.74) is 5.85. The van der Waals surface area contributed by atoms with E-state index in [0.717, 1.165) is 10.4 Å². The van der Waals surface area contributed by atoms with Gasteiger partial charge < -0.3 is 11.1 Å². The van der Waals surface area contributed by atoms with Gasteiger partial charge >= 0.3 is 6.03 Å². The van der Waals surface area contributed by atoms with Crippen molar-refractivity contribution in [1.82, 2.24) is 5.32 Å². The number of carbonyl (C=O) groups is 2. The normalized spacial score (nSPS) is 11.8. The molecule has 104 valence electrons. The third kappa shape index (κ3) is 3.91. The van der Waals surface area contributed by atoms with Crippen molar-refractivity contribution in [3.05, 3.63) is 58.3 Å². The maximum Gasteiger partial charge on any atom is 0.319 e. The largest absolute Gasteiger partial charge is 0.351 e. The van der Waals surface area contributed by atoms with Crippen LogP contribution in [0.2, 0.25) is 0 Å². The molecule has 0 aliphatic carbocycles. The highest BCUT2D eigenvalue weighted by Crippen LogP contribution is 2.10. The van der Waals surface area contributed by atoms with Gasteiger partial charge in [-0.3, -0.25) is 10.1 Å². The molecule has 0 spiro atoms. The maximum atomic E-state index is 12.1. The molecule has 0 aliphatic heterocycles. The monoisotopic (exact) mass is 290 g/mol. The summed E-state index contributed by atoms with van der Waals surface area (Å²) in [5, 5.41) is 6.02. The third-order valence-electron chi connectivity index (χ3n) is 2.82. The fourth-order valence-electron chi connectivity index (χ4n) is 1.92. The summed E-state index contributed by atoms with van der Waals surface area (Å²) < 4.78 is 0. The van der Waals surface area contributed by atoms with Gasteiger partial charge in [-0.1, -0.05) is 36.4 Å². The van der Waals surface area contributed by atoms with E-state index in [4.69, 9.17) is 5.73 Å². The van der Waals surface area contributed by atoms with E-state index in [9.17, 15) is 9.59 Å². The molecule has 2 rings (SSSR count). The molecular formula is C14H16N3O2S+. The van der Waals surface area contributed by atoms with Crippen LogP contribution in [-0.4, -0.2) is 11.9 Å². The fourth-order valence-corrected chi connectivity index (χ4v) is 2.60. The standard InChI is InChI=1S/C14H15N3O2S/c15-14(19)17-13(18)12(10-5-2-1-3-6-10)16-9-11-7-4-8-20-11/h1-8,12,16H,9H2,(H3,15,17,18,19)/p+1/t12-/m1/s1. The number of hydrogen-bond donors (Lipinski definition) is 3. The first-order valence-corrected chi connectivity index (χ1v) is 7.05. The Labute approximate surface area is 120 Å². The number of thiophene rings is 1. The second kappa shape index (κ2) is 6.83. The Morgan fingerprint density at radius 1 is 1.20 bits per heavy atom. The minimum Gasteiger partial charge on any atom is -0.351 e. The Morgan fingerprint density at radius 2 is 1.95 bits per heavy atom. The zero-order chi connectivity index (χ0) is 14.4. The molecule has 5 nitrogen and oxygen atoms in total. The number of hydrogen-bond acceptors (Lipinski definition) is 3. The molecule has 0 aliphatic rings. The van der Waals surface area contributed by atoms with Gasteiger partial charge in [-0.05, 0) is 11.4 Å². The third-order valence-corrected chi connectivity index (χ3v) is 3.72. The van der Waals surface area contributed by atoms with Crippen LogP contribution in [0.3, 0.4) is 0 Å². The van der Waals surface area contributed by atoms with Crippen molar-refractivity contribution < 1.29 is 14.9 Å². The molecule has 0 radical (unpaired) electrons. The van der Waals surface area contributed by atoms with Crippen LogP contribution in [-0.2, 0) is 11.3 Å². The number of amides is 3. The predicted octanol–water partition coefficient (Wildman–Crippen LogP) is 0.748. The number of carbonyl (C=O) groups excluding carboxylic acids is 2. The molecule has 6 heteroatoms. The summed E-state index contributed by atoms with van der Waals surface area (Å²) in [6.45, 7) is 0.670. The summed E-state index contributed by atoms with van der Waals surface area (Å²) >= 11 is 1.63. The van der Waals surface area contributed by atoms with Gasteiger partial charge in [0.2, 0.25) is 0 Å². The first-order valence-electron chi connectivity index (χ1n) is 6.18. The minimum atomic E-state index is -0.833. The molecule has 1 heterocycles. The Morgan fingerprint density at radius 3 is 2.55 bits per heavy atom. The van der Waals surface area contributed by atoms with E-state index in [0.29, 0.717) is 6.54 Å². The van der Waals surface area contributed by atoms with E-state index in [1.807, 2.05) is 53.2 Å². The molecule has 0 bridgehead atoms. The Kier molecular flexibility index (Phi) is 4.86. The number of rotatable bonds is 5. The van der Waals surface area contributed by atoms with Crippen LogP contribution < -0.4 is 16.4 Å². The van der Waals surface area contributed by atoms with E-state index in [1.54, 1.807) is 11.3 Å². The number of primary amides is 1. The highest BCUT2D eigenvalue weighted by molar-refractivity contribution is 7.09. The summed E-state index contributed by atoms with van der Waals surface area (Å²) in [6, 6.07) is 12.0. The van der Waals surface area contributed by atoms with E-state index in [2.05, 4.69) is 5.32 Å². The quantitative estimate of drug-likeness (QED) is 0.758. The van der Waals surface area contributed by atoms with E-state index in [-0.39, 0.29) is 0 Å². The number of nitrogens with one attached hydrogen (secondary N) is 1. The lowest BCUT2D eigenvalue weighted by molar-refractivity contribution is -0.697. The second-order valence-electron chi connectivity index (χ2n) is 4.26. The summed E-state index contributed by atoms with van der Waals surface area (Å²) in [6.07, 6.45) is 0. The molecule has 1 aromatic carbocycles. The van der Waals surface area contributed by atoms with Gasteiger partial charge in [0.05, 0.1) is 4.88 Å². The minimum absolute atomic E-state index is 0.403. The predicted molar refractivity (Wildman–Crippen MR) is 76.9 cm³/mol. The van der Waals surface area contributed by atoms with E-state index >= 15 is 0 Å². The molecule has 0 unspecified atom stereocenters. The lowest BCUT2D eigenvalue weighted by Gasteiger charge is -2.14. The van der Waals surface area contributed by atoms with Crippen molar-refractivity contribution in [2.24, 2.45) is 5.73 Å². The number of benzene rings is 1. The van der Waals surface area contributed by atoms with Crippen LogP contribution in [0.5, 0.6) is 0 Å². The summed E-state index contributed by atoms with van der Waals surface area (Å²) in [5.74, 6) is -0.403. The van der Waals surface area contributed by atoms with Crippen LogP contribution in [0.25, 0.3) is 0 Å². The lowest BCUT2D eigenvalue weighted by atomic mass is 10.1. The average molecular weight is 290 g/mol. The van der Waals surface area contributed by atoms with Gasteiger partial charge in [0.15, 0.2) is 6.04 Å². The molecule has 2 aromatic rings.